The third-order valence-electron chi connectivity index (χ3n) is 4.66. The van der Waals surface area contributed by atoms with E-state index in [2.05, 4.69) is 0 Å². The molecule has 4 rings (SSSR count). The Kier molecular flexibility index (Phi) is 5.68. The molecule has 0 saturated heterocycles. The Balaban J connectivity index is 1.63. The molecule has 0 amide bonds. The van der Waals surface area contributed by atoms with Crippen molar-refractivity contribution in [2.45, 2.75) is 23.8 Å². The summed E-state index contributed by atoms with van der Waals surface area (Å²) in [6.45, 7) is 0.887. The maximum Gasteiger partial charge on any atom is 0.270 e. The normalized spacial score (nSPS) is 11.6. The van der Waals surface area contributed by atoms with E-state index in [0.29, 0.717) is 16.6 Å². The lowest BCUT2D eigenvalue weighted by Gasteiger charge is -2.11. The summed E-state index contributed by atoms with van der Waals surface area (Å²) in [4.78, 5) is 4.74. The van der Waals surface area contributed by atoms with Crippen LogP contribution in [0.2, 0.25) is 0 Å². The summed E-state index contributed by atoms with van der Waals surface area (Å²) in [5, 5.41) is 0.698. The minimum Gasteiger partial charge on any atom is -0.294 e. The van der Waals surface area contributed by atoms with Crippen molar-refractivity contribution < 1.29 is 13.2 Å². The zero-order chi connectivity index (χ0) is 21.1. The maximum atomic E-state index is 13.8. The molecule has 0 aliphatic heterocycles. The van der Waals surface area contributed by atoms with Crippen LogP contribution >= 0.6 is 11.8 Å². The summed E-state index contributed by atoms with van der Waals surface area (Å²) < 4.78 is 42.5. The van der Waals surface area contributed by atoms with Gasteiger partial charge >= 0.3 is 0 Å². The minimum atomic E-state index is -2.86. The van der Waals surface area contributed by atoms with Crippen molar-refractivity contribution in [3.05, 3.63) is 102 Å². The zero-order valence-corrected chi connectivity index (χ0v) is 17.0. The van der Waals surface area contributed by atoms with E-state index in [1.165, 1.54) is 36.0 Å². The molecule has 152 valence electrons. The summed E-state index contributed by atoms with van der Waals surface area (Å²) in [6, 6.07) is 22.4. The summed E-state index contributed by atoms with van der Waals surface area (Å²) in [6.07, 6.45) is 1.88. The molecule has 0 saturated carbocycles. The number of hydrogen-bond acceptors (Lipinski definition) is 2. The molecule has 0 radical (unpaired) electrons. The predicted molar refractivity (Wildman–Crippen MR) is 115 cm³/mol. The molecule has 4 aromatic rings. The molecule has 0 spiro atoms. The van der Waals surface area contributed by atoms with Gasteiger partial charge in [-0.05, 0) is 23.8 Å². The quantitative estimate of drug-likeness (QED) is 0.308. The molecular formula is C24H19F3N2S. The summed E-state index contributed by atoms with van der Waals surface area (Å²) in [5.41, 5.74) is 3.31. The average Bonchev–Trinajstić information content (AvgIpc) is 3.17. The van der Waals surface area contributed by atoms with Gasteiger partial charge in [0.1, 0.15) is 5.82 Å². The van der Waals surface area contributed by atoms with E-state index in [1.807, 2.05) is 47.2 Å². The number of halogens is 3. The van der Waals surface area contributed by atoms with Crippen molar-refractivity contribution in [1.29, 1.82) is 0 Å². The number of alkyl halides is 2. The van der Waals surface area contributed by atoms with E-state index in [4.69, 9.17) is 4.98 Å². The summed E-state index contributed by atoms with van der Waals surface area (Å²) >= 11 is 1.47. The molecule has 1 heterocycles. The van der Waals surface area contributed by atoms with Gasteiger partial charge in [-0.15, -0.1) is 0 Å². The van der Waals surface area contributed by atoms with E-state index in [1.54, 1.807) is 18.2 Å². The van der Waals surface area contributed by atoms with Gasteiger partial charge in [-0.1, -0.05) is 72.4 Å². The van der Waals surface area contributed by atoms with E-state index in [-0.39, 0.29) is 11.4 Å². The van der Waals surface area contributed by atoms with Crippen LogP contribution < -0.4 is 0 Å². The van der Waals surface area contributed by atoms with Gasteiger partial charge in [-0.3, -0.25) is 4.57 Å². The average molecular weight is 424 g/mol. The fourth-order valence-electron chi connectivity index (χ4n) is 3.07. The van der Waals surface area contributed by atoms with Crippen molar-refractivity contribution in [2.75, 3.05) is 0 Å². The molecule has 0 aliphatic rings. The van der Waals surface area contributed by atoms with Crippen LogP contribution in [0, 0.1) is 5.82 Å². The smallest absolute Gasteiger partial charge is 0.270 e. The van der Waals surface area contributed by atoms with Crippen molar-refractivity contribution in [3.63, 3.8) is 0 Å². The fourth-order valence-corrected chi connectivity index (χ4v) is 4.01. The number of rotatable bonds is 6. The Morgan fingerprint density at radius 3 is 2.33 bits per heavy atom. The summed E-state index contributed by atoms with van der Waals surface area (Å²) in [5.74, 6) is -2.63. The first-order chi connectivity index (χ1) is 14.4. The van der Waals surface area contributed by atoms with E-state index < -0.39 is 5.92 Å². The Labute approximate surface area is 177 Å². The molecule has 1 aromatic heterocycles. The highest BCUT2D eigenvalue weighted by atomic mass is 32.2. The van der Waals surface area contributed by atoms with Gasteiger partial charge in [0, 0.05) is 30.0 Å². The molecule has 30 heavy (non-hydrogen) atoms. The van der Waals surface area contributed by atoms with Crippen molar-refractivity contribution in [1.82, 2.24) is 9.55 Å². The second-order valence-corrected chi connectivity index (χ2v) is 7.94. The Morgan fingerprint density at radius 1 is 0.933 bits per heavy atom. The van der Waals surface area contributed by atoms with Crippen LogP contribution in [0.25, 0.3) is 16.9 Å². The van der Waals surface area contributed by atoms with Crippen LogP contribution in [0.4, 0.5) is 13.2 Å². The number of hydrogen-bond donors (Lipinski definition) is 0. The van der Waals surface area contributed by atoms with E-state index in [9.17, 15) is 13.2 Å². The highest BCUT2D eigenvalue weighted by Gasteiger charge is 2.23. The number of aromatic nitrogens is 2. The first-order valence-electron chi connectivity index (χ1n) is 9.41. The van der Waals surface area contributed by atoms with Gasteiger partial charge in [0.05, 0.1) is 11.4 Å². The largest absolute Gasteiger partial charge is 0.294 e. The molecule has 6 heteroatoms. The molecule has 0 unspecified atom stereocenters. The van der Waals surface area contributed by atoms with E-state index >= 15 is 0 Å². The zero-order valence-electron chi connectivity index (χ0n) is 16.2. The Hall–Kier alpha value is -2.99. The Bertz CT molecular complexity index is 1130. The van der Waals surface area contributed by atoms with Gasteiger partial charge in [-0.2, -0.15) is 0 Å². The maximum absolute atomic E-state index is 13.8. The lowest BCUT2D eigenvalue weighted by atomic mass is 10.1. The fraction of sp³-hybridized carbons (Fsp3) is 0.125. The highest BCUT2D eigenvalue weighted by molar-refractivity contribution is 7.98. The van der Waals surface area contributed by atoms with E-state index in [0.717, 1.165) is 23.7 Å². The van der Waals surface area contributed by atoms with Crippen LogP contribution in [-0.4, -0.2) is 9.55 Å². The minimum absolute atomic E-state index is 0.0103. The Morgan fingerprint density at radius 2 is 1.67 bits per heavy atom. The van der Waals surface area contributed by atoms with Gasteiger partial charge < -0.3 is 0 Å². The van der Waals surface area contributed by atoms with Crippen LogP contribution in [0.15, 0.2) is 90.2 Å². The number of benzene rings is 3. The van der Waals surface area contributed by atoms with Gasteiger partial charge in [0.2, 0.25) is 0 Å². The van der Waals surface area contributed by atoms with Gasteiger partial charge in [-0.25, -0.2) is 18.2 Å². The van der Waals surface area contributed by atoms with Gasteiger partial charge in [0.15, 0.2) is 5.16 Å². The third kappa shape index (κ3) is 4.60. The number of nitrogens with zero attached hydrogens (tertiary/aromatic N) is 2. The van der Waals surface area contributed by atoms with Crippen LogP contribution in [0.5, 0.6) is 0 Å². The second kappa shape index (κ2) is 8.40. The molecule has 3 aromatic carbocycles. The van der Waals surface area contributed by atoms with Crippen molar-refractivity contribution in [2.24, 2.45) is 0 Å². The number of imidazole rings is 1. The molecule has 0 atom stereocenters. The van der Waals surface area contributed by atoms with Gasteiger partial charge in [0.25, 0.3) is 5.92 Å². The number of thioether (sulfide) groups is 1. The molecule has 2 nitrogen and oxygen atoms in total. The lowest BCUT2D eigenvalue weighted by Crippen LogP contribution is -2.06. The van der Waals surface area contributed by atoms with Crippen LogP contribution in [0.3, 0.4) is 0 Å². The van der Waals surface area contributed by atoms with Crippen LogP contribution in [0.1, 0.15) is 18.1 Å². The van der Waals surface area contributed by atoms with Crippen molar-refractivity contribution in [3.8, 4) is 16.9 Å². The summed E-state index contributed by atoms with van der Waals surface area (Å²) in [7, 11) is 0. The SMILES string of the molecule is CC(F)(F)c1ccc(CSc2nc(-c3ccccc3)cn2-c2cccc(F)c2)cc1. The first kappa shape index (κ1) is 20.3. The molecule has 0 bridgehead atoms. The highest BCUT2D eigenvalue weighted by Crippen LogP contribution is 2.31. The second-order valence-electron chi connectivity index (χ2n) is 7.00. The first-order valence-corrected chi connectivity index (χ1v) is 10.4. The predicted octanol–water partition coefficient (Wildman–Crippen LogP) is 7.08. The molecular weight excluding hydrogens is 405 g/mol. The molecule has 0 aliphatic carbocycles. The standard InChI is InChI=1S/C24H19F3N2S/c1-24(26,27)19-12-10-17(11-13-19)16-30-23-28-22(18-6-3-2-4-7-18)15-29(23)21-9-5-8-20(25)14-21/h2-15H,16H2,1H3. The lowest BCUT2D eigenvalue weighted by molar-refractivity contribution is 0.0174. The van der Waals surface area contributed by atoms with Crippen LogP contribution in [-0.2, 0) is 11.7 Å². The third-order valence-corrected chi connectivity index (χ3v) is 5.68. The molecule has 0 N–H and O–H groups in total. The monoisotopic (exact) mass is 424 g/mol. The van der Waals surface area contributed by atoms with Crippen molar-refractivity contribution >= 4 is 11.8 Å². The molecule has 0 fully saturated rings. The topological polar surface area (TPSA) is 17.8 Å².